The normalized spacial score (nSPS) is 17.2. The summed E-state index contributed by atoms with van der Waals surface area (Å²) >= 11 is 0. The number of pyridine rings is 2. The Morgan fingerprint density at radius 1 is 1.13 bits per heavy atom. The van der Waals surface area contributed by atoms with Crippen LogP contribution in [0.25, 0.3) is 16.7 Å². The molecule has 202 valence electrons. The summed E-state index contributed by atoms with van der Waals surface area (Å²) in [6.07, 6.45) is -6.55. The minimum Gasteiger partial charge on any atom is -0.391 e. The van der Waals surface area contributed by atoms with Gasteiger partial charge in [0.25, 0.3) is 5.91 Å². The zero-order valence-electron chi connectivity index (χ0n) is 19.2. The van der Waals surface area contributed by atoms with Crippen molar-refractivity contribution in [3.63, 3.8) is 0 Å². The van der Waals surface area contributed by atoms with Gasteiger partial charge in [0, 0.05) is 12.3 Å². The van der Waals surface area contributed by atoms with Crippen LogP contribution < -0.4 is 15.6 Å². The van der Waals surface area contributed by atoms with Gasteiger partial charge in [-0.3, -0.25) is 23.9 Å². The summed E-state index contributed by atoms with van der Waals surface area (Å²) < 4.78 is 94.5. The summed E-state index contributed by atoms with van der Waals surface area (Å²) in [6, 6.07) is 1.69. The van der Waals surface area contributed by atoms with E-state index in [1.807, 2.05) is 0 Å². The number of aliphatic hydroxyl groups is 1. The van der Waals surface area contributed by atoms with Crippen LogP contribution in [0.2, 0.25) is 0 Å². The molecule has 1 aliphatic heterocycles. The molecule has 1 aromatic carbocycles. The number of fused-ring (bicyclic) bond motifs is 1. The molecule has 1 fully saturated rings. The Kier molecular flexibility index (Phi) is 6.67. The Morgan fingerprint density at radius 2 is 1.82 bits per heavy atom. The average molecular weight is 546 g/mol. The zero-order valence-corrected chi connectivity index (χ0v) is 19.2. The third kappa shape index (κ3) is 4.68. The summed E-state index contributed by atoms with van der Waals surface area (Å²) in [5.74, 6) is -9.72. The molecule has 0 bridgehead atoms. The largest absolute Gasteiger partial charge is 0.455 e. The molecule has 8 nitrogen and oxygen atoms in total. The van der Waals surface area contributed by atoms with Gasteiger partial charge >= 0.3 is 12.1 Å². The Balaban J connectivity index is 1.89. The van der Waals surface area contributed by atoms with Crippen molar-refractivity contribution in [1.29, 1.82) is 0 Å². The van der Waals surface area contributed by atoms with E-state index in [9.17, 15) is 50.2 Å². The van der Waals surface area contributed by atoms with Crippen LogP contribution in [0.4, 0.5) is 36.6 Å². The second kappa shape index (κ2) is 9.38. The number of hydrogen-bond donors (Lipinski definition) is 2. The number of nitrogens with one attached hydrogen (secondary N) is 1. The highest BCUT2D eigenvalue weighted by Gasteiger charge is 2.61. The summed E-state index contributed by atoms with van der Waals surface area (Å²) in [7, 11) is 0. The zero-order chi connectivity index (χ0) is 28.2. The lowest BCUT2D eigenvalue weighted by Crippen LogP contribution is -2.54. The number of benzene rings is 1. The predicted octanol–water partition coefficient (Wildman–Crippen LogP) is 3.08. The van der Waals surface area contributed by atoms with Crippen LogP contribution in [0, 0.1) is 11.6 Å². The molecule has 0 spiro atoms. The van der Waals surface area contributed by atoms with Gasteiger partial charge in [-0.15, -0.1) is 0 Å². The number of hydrogen-bond acceptors (Lipinski definition) is 5. The molecule has 0 saturated carbocycles. The van der Waals surface area contributed by atoms with Gasteiger partial charge in [0.15, 0.2) is 5.65 Å². The SMILES string of the molecule is CC(NC(=O)c1cn(-c2ccc(F)cc2F)c2nc(N3C[C@@H](O)CC3=O)ccc2c1=O)C(F)(F)C(F)(F)F. The lowest BCUT2D eigenvalue weighted by Gasteiger charge is -2.26. The number of rotatable bonds is 5. The Hall–Kier alpha value is -4.01. The second-order valence-electron chi connectivity index (χ2n) is 8.56. The summed E-state index contributed by atoms with van der Waals surface area (Å²) in [5.41, 5.74) is -2.90. The van der Waals surface area contributed by atoms with E-state index < -0.39 is 69.8 Å². The highest BCUT2D eigenvalue weighted by Crippen LogP contribution is 2.38. The average Bonchev–Trinajstić information content (AvgIpc) is 3.16. The van der Waals surface area contributed by atoms with Crippen LogP contribution in [0.15, 0.2) is 41.3 Å². The van der Waals surface area contributed by atoms with Gasteiger partial charge in [0.05, 0.1) is 36.2 Å². The van der Waals surface area contributed by atoms with Gasteiger partial charge < -0.3 is 10.4 Å². The topological polar surface area (TPSA) is 105 Å². The quantitative estimate of drug-likeness (QED) is 0.479. The van der Waals surface area contributed by atoms with Crippen LogP contribution in [0.5, 0.6) is 0 Å². The van der Waals surface area contributed by atoms with Crippen molar-refractivity contribution in [2.24, 2.45) is 0 Å². The van der Waals surface area contributed by atoms with Gasteiger partial charge in [-0.25, -0.2) is 13.8 Å². The van der Waals surface area contributed by atoms with Crippen molar-refractivity contribution in [2.45, 2.75) is 37.6 Å². The fourth-order valence-electron chi connectivity index (χ4n) is 3.89. The number of anilines is 1. The van der Waals surface area contributed by atoms with Gasteiger partial charge in [-0.05, 0) is 31.2 Å². The van der Waals surface area contributed by atoms with Crippen LogP contribution in [0.3, 0.4) is 0 Å². The van der Waals surface area contributed by atoms with Crippen molar-refractivity contribution in [3.8, 4) is 5.69 Å². The number of alkyl halides is 5. The Morgan fingerprint density at radius 3 is 2.39 bits per heavy atom. The first-order valence-corrected chi connectivity index (χ1v) is 10.9. The number of halogens is 7. The van der Waals surface area contributed by atoms with Crippen molar-refractivity contribution >= 4 is 28.7 Å². The molecule has 1 aliphatic rings. The molecule has 3 heterocycles. The standard InChI is InChI=1S/C23H17F7N4O4/c1-10(22(26,27)23(28,29)30)31-21(38)14-9-33(16-4-2-11(24)6-15(16)25)20-13(19(14)37)3-5-17(32-20)34-8-12(35)7-18(34)36/h2-6,9-10,12,35H,7-8H2,1H3,(H,31,38)/t10?,12-/m0/s1. The van der Waals surface area contributed by atoms with Crippen molar-refractivity contribution in [2.75, 3.05) is 11.4 Å². The molecule has 38 heavy (non-hydrogen) atoms. The maximum Gasteiger partial charge on any atom is 0.455 e. The molecule has 2 amide bonds. The molecular weight excluding hydrogens is 529 g/mol. The fourth-order valence-corrected chi connectivity index (χ4v) is 3.89. The molecule has 0 radical (unpaired) electrons. The van der Waals surface area contributed by atoms with E-state index in [0.717, 1.165) is 27.7 Å². The molecule has 0 aliphatic carbocycles. The van der Waals surface area contributed by atoms with E-state index in [4.69, 9.17) is 0 Å². The number of β-amino-alcohol motifs (C(OH)–C–C–N with tert-alkyl or cyclic N) is 1. The molecule has 4 rings (SSSR count). The summed E-state index contributed by atoms with van der Waals surface area (Å²) in [5, 5.41) is 10.8. The first-order chi connectivity index (χ1) is 17.6. The van der Waals surface area contributed by atoms with E-state index in [-0.39, 0.29) is 24.4 Å². The Bertz CT molecular complexity index is 1510. The van der Waals surface area contributed by atoms with E-state index in [0.29, 0.717) is 19.2 Å². The number of carbonyl (C=O) groups is 2. The first kappa shape index (κ1) is 27.0. The van der Waals surface area contributed by atoms with Crippen LogP contribution in [-0.4, -0.2) is 57.3 Å². The molecule has 1 unspecified atom stereocenters. The molecular formula is C23H17F7N4O4. The molecule has 3 aromatic rings. The lowest BCUT2D eigenvalue weighted by atomic mass is 10.1. The van der Waals surface area contributed by atoms with Crippen molar-refractivity contribution in [1.82, 2.24) is 14.9 Å². The number of aromatic nitrogens is 2. The van der Waals surface area contributed by atoms with Crippen molar-refractivity contribution < 1.29 is 45.4 Å². The van der Waals surface area contributed by atoms with E-state index in [2.05, 4.69) is 4.98 Å². The maximum atomic E-state index is 14.7. The number of carbonyl (C=O) groups excluding carboxylic acids is 2. The number of amides is 2. The maximum absolute atomic E-state index is 14.7. The van der Waals surface area contributed by atoms with Crippen molar-refractivity contribution in [3.05, 3.63) is 63.9 Å². The van der Waals surface area contributed by atoms with E-state index >= 15 is 0 Å². The number of nitrogens with zero attached hydrogens (tertiary/aromatic N) is 3. The second-order valence-corrected chi connectivity index (χ2v) is 8.56. The predicted molar refractivity (Wildman–Crippen MR) is 118 cm³/mol. The fraction of sp³-hybridized carbons (Fsp3) is 0.304. The van der Waals surface area contributed by atoms with Gasteiger partial charge in [0.1, 0.15) is 23.0 Å². The molecule has 2 aromatic heterocycles. The third-order valence-electron chi connectivity index (χ3n) is 5.90. The highest BCUT2D eigenvalue weighted by atomic mass is 19.4. The van der Waals surface area contributed by atoms with Crippen LogP contribution in [0.1, 0.15) is 23.7 Å². The first-order valence-electron chi connectivity index (χ1n) is 10.9. The smallest absolute Gasteiger partial charge is 0.391 e. The molecule has 2 N–H and O–H groups in total. The minimum atomic E-state index is -6.00. The van der Waals surface area contributed by atoms with Gasteiger partial charge in [-0.1, -0.05) is 0 Å². The monoisotopic (exact) mass is 546 g/mol. The Labute approximate surface area is 208 Å². The van der Waals surface area contributed by atoms with Crippen LogP contribution >= 0.6 is 0 Å². The highest BCUT2D eigenvalue weighted by molar-refractivity contribution is 5.99. The van der Waals surface area contributed by atoms with Crippen LogP contribution in [-0.2, 0) is 4.79 Å². The lowest BCUT2D eigenvalue weighted by molar-refractivity contribution is -0.290. The van der Waals surface area contributed by atoms with E-state index in [1.165, 1.54) is 11.4 Å². The summed E-state index contributed by atoms with van der Waals surface area (Å²) in [6.45, 7) is 0.248. The number of aliphatic hydroxyl groups excluding tert-OH is 1. The van der Waals surface area contributed by atoms with Gasteiger partial charge in [-0.2, -0.15) is 22.0 Å². The van der Waals surface area contributed by atoms with E-state index in [1.54, 1.807) is 0 Å². The molecule has 15 heteroatoms. The molecule has 2 atom stereocenters. The minimum absolute atomic E-state index is 0.0645. The van der Waals surface area contributed by atoms with Gasteiger partial charge in [0.2, 0.25) is 11.3 Å². The third-order valence-corrected chi connectivity index (χ3v) is 5.90. The summed E-state index contributed by atoms with van der Waals surface area (Å²) in [4.78, 5) is 43.2. The molecule has 1 saturated heterocycles.